The summed E-state index contributed by atoms with van der Waals surface area (Å²) in [5.41, 5.74) is 6.40. The number of nitrogens with one attached hydrogen (secondary N) is 2. The Hall–Kier alpha value is -3.98. The van der Waals surface area contributed by atoms with Gasteiger partial charge in [-0.1, -0.05) is 42.0 Å². The lowest BCUT2D eigenvalue weighted by Gasteiger charge is -2.24. The number of anilines is 2. The normalized spacial score (nSPS) is 11.6. The Balaban J connectivity index is 1.84. The van der Waals surface area contributed by atoms with Crippen LogP contribution in [0.4, 0.5) is 11.4 Å². The summed E-state index contributed by atoms with van der Waals surface area (Å²) in [4.78, 5) is 24.2. The van der Waals surface area contributed by atoms with Crippen molar-refractivity contribution < 1.29 is 18.0 Å². The summed E-state index contributed by atoms with van der Waals surface area (Å²) in [6, 6.07) is 20.4. The van der Waals surface area contributed by atoms with Crippen LogP contribution in [0, 0.1) is 13.8 Å². The summed E-state index contributed by atoms with van der Waals surface area (Å²) in [6.45, 7) is 6.38. The molecule has 0 aliphatic carbocycles. The second-order valence-corrected chi connectivity index (χ2v) is 10.0. The summed E-state index contributed by atoms with van der Waals surface area (Å²) in [6.07, 6.45) is 0. The lowest BCUT2D eigenvalue weighted by Crippen LogP contribution is -2.39. The zero-order valence-electron chi connectivity index (χ0n) is 20.1. The maximum atomic E-state index is 13.5. The molecule has 35 heavy (non-hydrogen) atoms. The molecule has 0 heterocycles. The molecule has 0 atom stereocenters. The van der Waals surface area contributed by atoms with Gasteiger partial charge in [-0.2, -0.15) is 5.10 Å². The van der Waals surface area contributed by atoms with Crippen LogP contribution in [0.3, 0.4) is 0 Å². The molecule has 0 aromatic heterocycles. The van der Waals surface area contributed by atoms with Gasteiger partial charge >= 0.3 is 0 Å². The number of hydrazone groups is 1. The Kier molecular flexibility index (Phi) is 8.03. The van der Waals surface area contributed by atoms with Gasteiger partial charge < -0.3 is 5.32 Å². The average Bonchev–Trinajstić information content (AvgIpc) is 2.81. The number of aryl methyl sites for hydroxylation is 2. The van der Waals surface area contributed by atoms with Gasteiger partial charge in [-0.25, -0.2) is 13.8 Å². The minimum Gasteiger partial charge on any atom is -0.326 e. The monoisotopic (exact) mass is 492 g/mol. The molecule has 182 valence electrons. The molecule has 3 aromatic carbocycles. The quantitative estimate of drug-likeness (QED) is 0.366. The van der Waals surface area contributed by atoms with E-state index in [1.54, 1.807) is 61.5 Å². The topological polar surface area (TPSA) is 108 Å². The van der Waals surface area contributed by atoms with Gasteiger partial charge in [-0.15, -0.1) is 0 Å². The molecule has 0 bridgehead atoms. The molecule has 0 aliphatic rings. The van der Waals surface area contributed by atoms with Crippen molar-refractivity contribution in [3.8, 4) is 0 Å². The van der Waals surface area contributed by atoms with Crippen LogP contribution in [0.1, 0.15) is 30.5 Å². The molecule has 0 fully saturated rings. The number of carbonyl (C=O) groups excluding carboxylic acids is 2. The van der Waals surface area contributed by atoms with E-state index < -0.39 is 22.5 Å². The van der Waals surface area contributed by atoms with Crippen LogP contribution in [0.5, 0.6) is 0 Å². The average molecular weight is 493 g/mol. The highest BCUT2D eigenvalue weighted by Gasteiger charge is 2.27. The summed E-state index contributed by atoms with van der Waals surface area (Å²) < 4.78 is 28.0. The fraction of sp³-hybridized carbons (Fsp3) is 0.192. The van der Waals surface area contributed by atoms with Crippen LogP contribution in [-0.4, -0.2) is 32.5 Å². The summed E-state index contributed by atoms with van der Waals surface area (Å²) in [7, 11) is -4.01. The van der Waals surface area contributed by atoms with Crippen LogP contribution in [0.15, 0.2) is 82.8 Å². The van der Waals surface area contributed by atoms with E-state index >= 15 is 0 Å². The van der Waals surface area contributed by atoms with Crippen molar-refractivity contribution in [1.29, 1.82) is 0 Å². The van der Waals surface area contributed by atoms with Gasteiger partial charge in [-0.3, -0.25) is 13.9 Å². The third kappa shape index (κ3) is 6.77. The van der Waals surface area contributed by atoms with Crippen LogP contribution in [0.2, 0.25) is 0 Å². The van der Waals surface area contributed by atoms with E-state index in [0.29, 0.717) is 22.6 Å². The molecular weight excluding hydrogens is 464 g/mol. The van der Waals surface area contributed by atoms with Gasteiger partial charge in [0.2, 0.25) is 5.91 Å². The van der Waals surface area contributed by atoms with Gasteiger partial charge in [0.05, 0.1) is 16.3 Å². The van der Waals surface area contributed by atoms with Crippen molar-refractivity contribution >= 4 is 38.9 Å². The van der Waals surface area contributed by atoms with Crippen molar-refractivity contribution in [3.05, 3.63) is 89.5 Å². The second kappa shape index (κ2) is 11.0. The smallest absolute Gasteiger partial charge is 0.264 e. The van der Waals surface area contributed by atoms with Crippen molar-refractivity contribution in [2.75, 3.05) is 16.2 Å². The van der Waals surface area contributed by atoms with E-state index in [9.17, 15) is 18.0 Å². The number of hydrogen-bond acceptors (Lipinski definition) is 5. The number of rotatable bonds is 8. The zero-order valence-corrected chi connectivity index (χ0v) is 20.9. The minimum absolute atomic E-state index is 0.0897. The molecule has 0 aliphatic heterocycles. The fourth-order valence-electron chi connectivity index (χ4n) is 3.34. The van der Waals surface area contributed by atoms with E-state index in [0.717, 1.165) is 15.4 Å². The maximum absolute atomic E-state index is 13.5. The van der Waals surface area contributed by atoms with Crippen LogP contribution >= 0.6 is 0 Å². The van der Waals surface area contributed by atoms with E-state index in [1.165, 1.54) is 19.1 Å². The van der Waals surface area contributed by atoms with E-state index in [4.69, 9.17) is 0 Å². The van der Waals surface area contributed by atoms with E-state index in [1.807, 2.05) is 19.9 Å². The third-order valence-electron chi connectivity index (χ3n) is 5.13. The molecule has 3 rings (SSSR count). The number of benzene rings is 3. The highest BCUT2D eigenvalue weighted by Crippen LogP contribution is 2.24. The Morgan fingerprint density at radius 3 is 2.23 bits per heavy atom. The third-order valence-corrected chi connectivity index (χ3v) is 6.92. The molecule has 3 aromatic rings. The largest absolute Gasteiger partial charge is 0.326 e. The molecule has 2 N–H and O–H groups in total. The number of hydrogen-bond donors (Lipinski definition) is 2. The molecule has 2 amide bonds. The number of amides is 2. The molecule has 9 heteroatoms. The van der Waals surface area contributed by atoms with Gasteiger partial charge in [0.15, 0.2) is 0 Å². The van der Waals surface area contributed by atoms with Gasteiger partial charge in [-0.05, 0) is 68.3 Å². The number of sulfonamides is 1. The molecule has 0 radical (unpaired) electrons. The number of nitrogens with zero attached hydrogens (tertiary/aromatic N) is 2. The Bertz CT molecular complexity index is 1370. The van der Waals surface area contributed by atoms with Crippen LogP contribution in [-0.2, 0) is 19.6 Å². The van der Waals surface area contributed by atoms with Crippen molar-refractivity contribution in [2.45, 2.75) is 32.6 Å². The molecule has 0 spiro atoms. The Morgan fingerprint density at radius 2 is 1.57 bits per heavy atom. The molecule has 0 saturated heterocycles. The van der Waals surface area contributed by atoms with E-state index in [2.05, 4.69) is 15.8 Å². The zero-order chi connectivity index (χ0) is 25.6. The second-order valence-electron chi connectivity index (χ2n) is 8.16. The van der Waals surface area contributed by atoms with Gasteiger partial charge in [0.25, 0.3) is 15.9 Å². The van der Waals surface area contributed by atoms with Crippen molar-refractivity contribution in [3.63, 3.8) is 0 Å². The molecule has 0 saturated carbocycles. The lowest BCUT2D eigenvalue weighted by molar-refractivity contribution is -0.119. The SMILES string of the molecule is CC(=O)Nc1cccc(/C(C)=N\NC(=O)CN(c2cccc(C)c2)S(=O)(=O)c2ccc(C)cc2)c1. The summed E-state index contributed by atoms with van der Waals surface area (Å²) in [5, 5.41) is 6.82. The van der Waals surface area contributed by atoms with Gasteiger partial charge in [0.1, 0.15) is 6.54 Å². The number of carbonyl (C=O) groups is 2. The highest BCUT2D eigenvalue weighted by molar-refractivity contribution is 7.92. The highest BCUT2D eigenvalue weighted by atomic mass is 32.2. The van der Waals surface area contributed by atoms with Crippen LogP contribution in [0.25, 0.3) is 0 Å². The predicted molar refractivity (Wildman–Crippen MR) is 138 cm³/mol. The van der Waals surface area contributed by atoms with Gasteiger partial charge in [0, 0.05) is 12.6 Å². The maximum Gasteiger partial charge on any atom is 0.264 e. The first-order valence-corrected chi connectivity index (χ1v) is 12.4. The lowest BCUT2D eigenvalue weighted by atomic mass is 10.1. The first kappa shape index (κ1) is 25.6. The fourth-order valence-corrected chi connectivity index (χ4v) is 4.75. The molecule has 0 unspecified atom stereocenters. The first-order valence-electron chi connectivity index (χ1n) is 10.9. The van der Waals surface area contributed by atoms with Crippen molar-refractivity contribution in [1.82, 2.24) is 5.43 Å². The Labute approximate surface area is 205 Å². The standard InChI is InChI=1S/C26H28N4O4S/c1-18-11-13-25(14-12-18)35(33,34)30(24-10-5-7-19(2)15-24)17-26(32)29-28-20(3)22-8-6-9-23(16-22)27-21(4)31/h5-16H,17H2,1-4H3,(H,27,31)(H,29,32)/b28-20-. The molecule has 8 nitrogen and oxygen atoms in total. The Morgan fingerprint density at radius 1 is 0.886 bits per heavy atom. The summed E-state index contributed by atoms with van der Waals surface area (Å²) >= 11 is 0. The van der Waals surface area contributed by atoms with E-state index in [-0.39, 0.29) is 10.8 Å². The van der Waals surface area contributed by atoms with Crippen LogP contribution < -0.4 is 15.0 Å². The molecular formula is C26H28N4O4S. The summed E-state index contributed by atoms with van der Waals surface area (Å²) in [5.74, 6) is -0.796. The first-order chi connectivity index (χ1) is 16.6. The predicted octanol–water partition coefficient (Wildman–Crippen LogP) is 4.00. The van der Waals surface area contributed by atoms with Crippen molar-refractivity contribution in [2.24, 2.45) is 5.10 Å². The minimum atomic E-state index is -4.01.